The predicted octanol–water partition coefficient (Wildman–Crippen LogP) is 2.92. The molecular weight excluding hydrogens is 248 g/mol. The minimum atomic E-state index is 0.193. The molecule has 0 atom stereocenters. The molecule has 20 heavy (non-hydrogen) atoms. The van der Waals surface area contributed by atoms with E-state index in [1.165, 1.54) is 0 Å². The van der Waals surface area contributed by atoms with Gasteiger partial charge in [-0.05, 0) is 30.3 Å². The molecule has 0 aromatic heterocycles. The first-order valence-corrected chi connectivity index (χ1v) is 6.71. The van der Waals surface area contributed by atoms with Crippen LogP contribution in [0.25, 0.3) is 11.1 Å². The highest BCUT2D eigenvalue weighted by atomic mass is 16.5. The molecule has 0 N–H and O–H groups in total. The van der Waals surface area contributed by atoms with Crippen molar-refractivity contribution < 1.29 is 4.74 Å². The van der Waals surface area contributed by atoms with Crippen LogP contribution < -0.4 is 4.74 Å². The summed E-state index contributed by atoms with van der Waals surface area (Å²) in [5.41, 5.74) is 2.80. The number of nitrogens with zero attached hydrogens (tertiary/aromatic N) is 2. The SMILES string of the molecule is CN1CC(Oc2cc(-c3ccccc3)ccc2C#N)C1. The molecule has 1 aliphatic rings. The van der Waals surface area contributed by atoms with Gasteiger partial charge in [0.15, 0.2) is 0 Å². The van der Waals surface area contributed by atoms with Gasteiger partial charge in [-0.15, -0.1) is 0 Å². The lowest BCUT2D eigenvalue weighted by Gasteiger charge is -2.36. The molecule has 0 aliphatic carbocycles. The molecule has 0 radical (unpaired) electrons. The summed E-state index contributed by atoms with van der Waals surface area (Å²) in [5.74, 6) is 0.687. The fourth-order valence-electron chi connectivity index (χ4n) is 2.42. The smallest absolute Gasteiger partial charge is 0.138 e. The molecule has 1 saturated heterocycles. The summed E-state index contributed by atoms with van der Waals surface area (Å²) in [4.78, 5) is 2.19. The second-order valence-electron chi connectivity index (χ2n) is 5.15. The summed E-state index contributed by atoms with van der Waals surface area (Å²) in [6, 6.07) is 18.1. The Hall–Kier alpha value is -2.31. The van der Waals surface area contributed by atoms with Crippen LogP contribution in [0, 0.1) is 11.3 Å². The molecule has 0 unspecified atom stereocenters. The highest BCUT2D eigenvalue weighted by Gasteiger charge is 2.25. The van der Waals surface area contributed by atoms with Crippen molar-refractivity contribution in [2.24, 2.45) is 0 Å². The van der Waals surface area contributed by atoms with Crippen LogP contribution in [0.1, 0.15) is 5.56 Å². The first-order chi connectivity index (χ1) is 9.76. The third-order valence-corrected chi connectivity index (χ3v) is 3.53. The first kappa shape index (κ1) is 12.7. The van der Waals surface area contributed by atoms with Gasteiger partial charge in [-0.3, -0.25) is 4.90 Å². The molecule has 0 amide bonds. The van der Waals surface area contributed by atoms with Gasteiger partial charge in [-0.25, -0.2) is 0 Å². The fourth-order valence-corrected chi connectivity index (χ4v) is 2.42. The Morgan fingerprint density at radius 2 is 1.85 bits per heavy atom. The third kappa shape index (κ3) is 2.52. The molecule has 3 rings (SSSR count). The number of ether oxygens (including phenoxy) is 1. The van der Waals surface area contributed by atoms with Crippen molar-refractivity contribution >= 4 is 0 Å². The lowest BCUT2D eigenvalue weighted by molar-refractivity contribution is 0.0386. The molecule has 3 nitrogen and oxygen atoms in total. The van der Waals surface area contributed by atoms with Crippen LogP contribution in [0.5, 0.6) is 5.75 Å². The van der Waals surface area contributed by atoms with E-state index in [0.717, 1.165) is 24.2 Å². The Kier molecular flexibility index (Phi) is 3.41. The molecule has 1 heterocycles. The van der Waals surface area contributed by atoms with Crippen molar-refractivity contribution in [3.8, 4) is 22.9 Å². The summed E-state index contributed by atoms with van der Waals surface area (Å²) in [6.45, 7) is 1.83. The van der Waals surface area contributed by atoms with Crippen molar-refractivity contribution in [1.29, 1.82) is 5.26 Å². The quantitative estimate of drug-likeness (QED) is 0.855. The van der Waals surface area contributed by atoms with Gasteiger partial charge in [0.1, 0.15) is 17.9 Å². The number of likely N-dealkylation sites (tertiary alicyclic amines) is 1. The molecule has 0 spiro atoms. The number of hydrogen-bond donors (Lipinski definition) is 0. The standard InChI is InChI=1S/C17H16N2O/c1-19-11-16(12-19)20-17-9-14(7-8-15(17)10-18)13-5-3-2-4-6-13/h2-9,16H,11-12H2,1H3. The summed E-state index contributed by atoms with van der Waals surface area (Å²) in [6.07, 6.45) is 0.193. The predicted molar refractivity (Wildman–Crippen MR) is 78.5 cm³/mol. The van der Waals surface area contributed by atoms with E-state index in [4.69, 9.17) is 4.74 Å². The first-order valence-electron chi connectivity index (χ1n) is 6.71. The van der Waals surface area contributed by atoms with Crippen molar-refractivity contribution in [2.75, 3.05) is 20.1 Å². The second-order valence-corrected chi connectivity index (χ2v) is 5.15. The van der Waals surface area contributed by atoms with E-state index >= 15 is 0 Å². The lowest BCUT2D eigenvalue weighted by Crippen LogP contribution is -2.51. The number of nitriles is 1. The average Bonchev–Trinajstić information content (AvgIpc) is 2.46. The Morgan fingerprint density at radius 3 is 2.50 bits per heavy atom. The van der Waals surface area contributed by atoms with E-state index in [0.29, 0.717) is 11.3 Å². The zero-order chi connectivity index (χ0) is 13.9. The van der Waals surface area contributed by atoms with Gasteiger partial charge in [0, 0.05) is 13.1 Å². The highest BCUT2D eigenvalue weighted by molar-refractivity contribution is 5.67. The zero-order valence-electron chi connectivity index (χ0n) is 11.4. The number of hydrogen-bond acceptors (Lipinski definition) is 3. The maximum atomic E-state index is 9.20. The van der Waals surface area contributed by atoms with E-state index < -0.39 is 0 Å². The normalized spacial score (nSPS) is 15.4. The van der Waals surface area contributed by atoms with E-state index in [1.807, 2.05) is 36.4 Å². The van der Waals surface area contributed by atoms with Gasteiger partial charge in [0.25, 0.3) is 0 Å². The molecule has 2 aromatic carbocycles. The largest absolute Gasteiger partial charge is 0.486 e. The van der Waals surface area contributed by atoms with Gasteiger partial charge in [-0.1, -0.05) is 36.4 Å². The van der Waals surface area contributed by atoms with E-state index in [2.05, 4.69) is 30.1 Å². The fraction of sp³-hybridized carbons (Fsp3) is 0.235. The van der Waals surface area contributed by atoms with E-state index in [9.17, 15) is 5.26 Å². The molecule has 1 aliphatic heterocycles. The van der Waals surface area contributed by atoms with Crippen molar-refractivity contribution in [2.45, 2.75) is 6.10 Å². The van der Waals surface area contributed by atoms with Gasteiger partial charge < -0.3 is 4.74 Å². The second kappa shape index (κ2) is 5.36. The van der Waals surface area contributed by atoms with Gasteiger partial charge in [0.2, 0.25) is 0 Å². The minimum Gasteiger partial charge on any atom is -0.486 e. The van der Waals surface area contributed by atoms with Crippen LogP contribution in [0.2, 0.25) is 0 Å². The monoisotopic (exact) mass is 264 g/mol. The number of rotatable bonds is 3. The summed E-state index contributed by atoms with van der Waals surface area (Å²) < 4.78 is 5.94. The Labute approximate surface area is 119 Å². The molecule has 2 aromatic rings. The van der Waals surface area contributed by atoms with Gasteiger partial charge >= 0.3 is 0 Å². The van der Waals surface area contributed by atoms with Crippen LogP contribution in [0.4, 0.5) is 0 Å². The van der Waals surface area contributed by atoms with E-state index in [-0.39, 0.29) is 6.10 Å². The summed E-state index contributed by atoms with van der Waals surface area (Å²) in [7, 11) is 2.06. The number of benzene rings is 2. The average molecular weight is 264 g/mol. The molecule has 1 fully saturated rings. The van der Waals surface area contributed by atoms with Crippen molar-refractivity contribution in [3.05, 3.63) is 54.1 Å². The summed E-state index contributed by atoms with van der Waals surface area (Å²) in [5, 5.41) is 9.20. The van der Waals surface area contributed by atoms with E-state index in [1.54, 1.807) is 0 Å². The highest BCUT2D eigenvalue weighted by Crippen LogP contribution is 2.28. The Morgan fingerprint density at radius 1 is 1.10 bits per heavy atom. The van der Waals surface area contributed by atoms with Crippen molar-refractivity contribution in [3.63, 3.8) is 0 Å². The van der Waals surface area contributed by atoms with Crippen LogP contribution >= 0.6 is 0 Å². The zero-order valence-corrected chi connectivity index (χ0v) is 11.4. The molecule has 100 valence electrons. The molecule has 3 heteroatoms. The molecule has 0 bridgehead atoms. The lowest BCUT2D eigenvalue weighted by atomic mass is 10.0. The maximum Gasteiger partial charge on any atom is 0.138 e. The van der Waals surface area contributed by atoms with Gasteiger partial charge in [0.05, 0.1) is 5.56 Å². The van der Waals surface area contributed by atoms with Crippen LogP contribution in [0.3, 0.4) is 0 Å². The van der Waals surface area contributed by atoms with Crippen LogP contribution in [0.15, 0.2) is 48.5 Å². The topological polar surface area (TPSA) is 36.3 Å². The van der Waals surface area contributed by atoms with Crippen molar-refractivity contribution in [1.82, 2.24) is 4.90 Å². The molecule has 0 saturated carbocycles. The Bertz CT molecular complexity index is 640. The van der Waals surface area contributed by atoms with Crippen LogP contribution in [-0.2, 0) is 0 Å². The maximum absolute atomic E-state index is 9.20. The van der Waals surface area contributed by atoms with Crippen LogP contribution in [-0.4, -0.2) is 31.1 Å². The van der Waals surface area contributed by atoms with Gasteiger partial charge in [-0.2, -0.15) is 5.26 Å². The molecular formula is C17H16N2O. The minimum absolute atomic E-state index is 0.193. The third-order valence-electron chi connectivity index (χ3n) is 3.53. The summed E-state index contributed by atoms with van der Waals surface area (Å²) >= 11 is 0. The Balaban J connectivity index is 1.89. The number of likely N-dealkylation sites (N-methyl/N-ethyl adjacent to an activating group) is 1.